The molecule has 2 rings (SSSR count). The average molecular weight is 359 g/mol. The lowest BCUT2D eigenvalue weighted by molar-refractivity contribution is -0.137. The Morgan fingerprint density at radius 2 is 2.08 bits per heavy atom. The molecule has 3 N–H and O–H groups in total. The zero-order valence-electron chi connectivity index (χ0n) is 14.8. The highest BCUT2D eigenvalue weighted by Gasteiger charge is 2.31. The van der Waals surface area contributed by atoms with E-state index in [1.807, 2.05) is 11.1 Å². The van der Waals surface area contributed by atoms with Crippen molar-refractivity contribution in [2.45, 2.75) is 45.6 Å². The van der Waals surface area contributed by atoms with Crippen LogP contribution in [0.4, 0.5) is 0 Å². The van der Waals surface area contributed by atoms with E-state index in [1.165, 1.54) is 0 Å². The molecule has 0 spiro atoms. The second-order valence-corrected chi connectivity index (χ2v) is 6.34. The lowest BCUT2D eigenvalue weighted by Gasteiger charge is -2.32. The number of rotatable bonds is 8. The predicted molar refractivity (Wildman–Crippen MR) is 97.2 cm³/mol. The van der Waals surface area contributed by atoms with Gasteiger partial charge in [-0.3, -0.25) is 4.79 Å². The van der Waals surface area contributed by atoms with E-state index in [1.54, 1.807) is 4.68 Å². The van der Waals surface area contributed by atoms with Crippen molar-refractivity contribution in [2.24, 2.45) is 11.7 Å². The molecule has 7 nitrogen and oxygen atoms in total. The van der Waals surface area contributed by atoms with Crippen molar-refractivity contribution in [1.82, 2.24) is 25.2 Å². The second-order valence-electron chi connectivity index (χ2n) is 6.34. The molecule has 1 aliphatic rings. The number of nitrogens with one attached hydrogen (secondary N) is 1. The smallest absolute Gasteiger partial charge is 0.247 e. The summed E-state index contributed by atoms with van der Waals surface area (Å²) in [7, 11) is 0. The minimum atomic E-state index is -0.256. The minimum Gasteiger partial charge on any atom is -0.338 e. The summed E-state index contributed by atoms with van der Waals surface area (Å²) in [4.78, 5) is 14.9. The number of carbonyl (C=O) groups is 1. The first-order chi connectivity index (χ1) is 11.2. The lowest BCUT2D eigenvalue weighted by atomic mass is 9.97. The van der Waals surface area contributed by atoms with Gasteiger partial charge in [-0.05, 0) is 31.7 Å². The van der Waals surface area contributed by atoms with Crippen LogP contribution < -0.4 is 11.1 Å². The summed E-state index contributed by atoms with van der Waals surface area (Å²) in [5.74, 6) is 0.398. The molecular weight excluding hydrogens is 328 g/mol. The van der Waals surface area contributed by atoms with Crippen LogP contribution in [0.25, 0.3) is 0 Å². The summed E-state index contributed by atoms with van der Waals surface area (Å²) >= 11 is 0. The summed E-state index contributed by atoms with van der Waals surface area (Å²) in [5, 5.41) is 11.8. The molecule has 0 radical (unpaired) electrons. The van der Waals surface area contributed by atoms with Gasteiger partial charge in [0.15, 0.2) is 0 Å². The van der Waals surface area contributed by atoms with Crippen LogP contribution in [-0.2, 0) is 11.2 Å². The highest BCUT2D eigenvalue weighted by molar-refractivity contribution is 5.85. The Balaban J connectivity index is 0.00000288. The van der Waals surface area contributed by atoms with Gasteiger partial charge in [0.05, 0.1) is 5.69 Å². The second kappa shape index (κ2) is 10.6. The maximum absolute atomic E-state index is 13.0. The van der Waals surface area contributed by atoms with Crippen LogP contribution in [0.5, 0.6) is 0 Å². The quantitative estimate of drug-likeness (QED) is 0.677. The fourth-order valence-corrected chi connectivity index (χ4v) is 2.93. The third kappa shape index (κ3) is 5.43. The third-order valence-corrected chi connectivity index (χ3v) is 4.59. The SMILES string of the molecule is CCC(C)[C@@H](C(=O)N1CCNCC1)n1cc(CCCCN)nn1.Cl. The first-order valence-corrected chi connectivity index (χ1v) is 8.77. The maximum Gasteiger partial charge on any atom is 0.247 e. The lowest BCUT2D eigenvalue weighted by Crippen LogP contribution is -2.49. The Kier molecular flexibility index (Phi) is 9.25. The number of nitrogens with two attached hydrogens (primary N) is 1. The molecule has 1 fully saturated rings. The van der Waals surface area contributed by atoms with Gasteiger partial charge in [0.2, 0.25) is 5.91 Å². The summed E-state index contributed by atoms with van der Waals surface area (Å²) in [6.45, 7) is 8.18. The van der Waals surface area contributed by atoms with E-state index in [4.69, 9.17) is 5.73 Å². The fourth-order valence-electron chi connectivity index (χ4n) is 2.93. The largest absolute Gasteiger partial charge is 0.338 e. The minimum absolute atomic E-state index is 0. The molecule has 138 valence electrons. The normalized spacial score (nSPS) is 17.2. The van der Waals surface area contributed by atoms with Crippen LogP contribution in [0.1, 0.15) is 44.8 Å². The van der Waals surface area contributed by atoms with Crippen LogP contribution in [0, 0.1) is 5.92 Å². The van der Waals surface area contributed by atoms with Gasteiger partial charge in [0, 0.05) is 32.4 Å². The van der Waals surface area contributed by atoms with Crippen molar-refractivity contribution in [1.29, 1.82) is 0 Å². The zero-order chi connectivity index (χ0) is 16.7. The molecule has 24 heavy (non-hydrogen) atoms. The Morgan fingerprint density at radius 1 is 1.38 bits per heavy atom. The van der Waals surface area contributed by atoms with E-state index >= 15 is 0 Å². The molecule has 0 aromatic carbocycles. The number of halogens is 1. The number of nitrogens with zero attached hydrogens (tertiary/aromatic N) is 4. The van der Waals surface area contributed by atoms with Crippen molar-refractivity contribution < 1.29 is 4.79 Å². The molecule has 1 unspecified atom stereocenters. The van der Waals surface area contributed by atoms with Crippen molar-refractivity contribution >= 4 is 18.3 Å². The number of hydrogen-bond donors (Lipinski definition) is 2. The molecule has 0 bridgehead atoms. The summed E-state index contributed by atoms with van der Waals surface area (Å²) in [6, 6.07) is -0.256. The molecule has 1 amide bonds. The molecular formula is C16H31ClN6O. The molecule has 2 atom stereocenters. The van der Waals surface area contributed by atoms with Crippen LogP contribution in [-0.4, -0.2) is 58.5 Å². The Labute approximate surface area is 150 Å². The average Bonchev–Trinajstić information content (AvgIpc) is 3.04. The first kappa shape index (κ1) is 20.9. The van der Waals surface area contributed by atoms with Crippen molar-refractivity contribution in [2.75, 3.05) is 32.7 Å². The molecule has 1 aromatic rings. The van der Waals surface area contributed by atoms with Crippen LogP contribution in [0.15, 0.2) is 6.20 Å². The highest BCUT2D eigenvalue weighted by Crippen LogP contribution is 2.23. The van der Waals surface area contributed by atoms with Gasteiger partial charge < -0.3 is 16.0 Å². The number of amides is 1. The van der Waals surface area contributed by atoms with E-state index in [9.17, 15) is 4.79 Å². The van der Waals surface area contributed by atoms with E-state index in [0.717, 1.165) is 57.6 Å². The first-order valence-electron chi connectivity index (χ1n) is 8.77. The Bertz CT molecular complexity index is 489. The van der Waals surface area contributed by atoms with Gasteiger partial charge in [-0.15, -0.1) is 17.5 Å². The topological polar surface area (TPSA) is 89.1 Å². The number of hydrogen-bond acceptors (Lipinski definition) is 5. The van der Waals surface area contributed by atoms with Crippen molar-refractivity contribution in [3.8, 4) is 0 Å². The van der Waals surface area contributed by atoms with Gasteiger partial charge in [-0.1, -0.05) is 25.5 Å². The maximum atomic E-state index is 13.0. The number of aromatic nitrogens is 3. The summed E-state index contributed by atoms with van der Waals surface area (Å²) in [5.41, 5.74) is 6.47. The molecule has 0 aliphatic carbocycles. The number of aryl methyl sites for hydroxylation is 1. The fraction of sp³-hybridized carbons (Fsp3) is 0.812. The summed E-state index contributed by atoms with van der Waals surface area (Å²) < 4.78 is 1.77. The third-order valence-electron chi connectivity index (χ3n) is 4.59. The van der Waals surface area contributed by atoms with Gasteiger partial charge in [-0.25, -0.2) is 4.68 Å². The van der Waals surface area contributed by atoms with E-state index in [-0.39, 0.29) is 30.3 Å². The van der Waals surface area contributed by atoms with Crippen LogP contribution in [0.3, 0.4) is 0 Å². The Hall–Kier alpha value is -1.18. The zero-order valence-corrected chi connectivity index (χ0v) is 15.6. The van der Waals surface area contributed by atoms with Gasteiger partial charge in [0.1, 0.15) is 6.04 Å². The van der Waals surface area contributed by atoms with Crippen molar-refractivity contribution in [3.05, 3.63) is 11.9 Å². The number of piperazine rings is 1. The molecule has 1 saturated heterocycles. The summed E-state index contributed by atoms with van der Waals surface area (Å²) in [6.07, 6.45) is 5.74. The monoisotopic (exact) mass is 358 g/mol. The van der Waals surface area contributed by atoms with E-state index in [0.29, 0.717) is 6.54 Å². The molecule has 0 saturated carbocycles. The van der Waals surface area contributed by atoms with Gasteiger partial charge in [-0.2, -0.15) is 0 Å². The molecule has 1 aliphatic heterocycles. The highest BCUT2D eigenvalue weighted by atomic mass is 35.5. The standard InChI is InChI=1S/C16H30N6O.ClH/c1-3-13(2)15(16(23)21-10-8-18-9-11-21)22-12-14(19-20-22)6-4-5-7-17;/h12-13,15,18H,3-11,17H2,1-2H3;1H/t13?,15-;/m0./s1. The molecule has 2 heterocycles. The van der Waals surface area contributed by atoms with E-state index < -0.39 is 0 Å². The van der Waals surface area contributed by atoms with E-state index in [2.05, 4.69) is 29.5 Å². The van der Waals surface area contributed by atoms with Gasteiger partial charge >= 0.3 is 0 Å². The number of carbonyl (C=O) groups excluding carboxylic acids is 1. The van der Waals surface area contributed by atoms with Crippen LogP contribution >= 0.6 is 12.4 Å². The number of unbranched alkanes of at least 4 members (excludes halogenated alkanes) is 1. The molecule has 8 heteroatoms. The Morgan fingerprint density at radius 3 is 2.71 bits per heavy atom. The molecule has 1 aromatic heterocycles. The van der Waals surface area contributed by atoms with Crippen LogP contribution in [0.2, 0.25) is 0 Å². The van der Waals surface area contributed by atoms with Crippen molar-refractivity contribution in [3.63, 3.8) is 0 Å². The predicted octanol–water partition coefficient (Wildman–Crippen LogP) is 1.00. The van der Waals surface area contributed by atoms with Gasteiger partial charge in [0.25, 0.3) is 0 Å².